The largest absolute Gasteiger partial charge is 0.314 e. The van der Waals surface area contributed by atoms with E-state index in [1.165, 1.54) is 19.3 Å². The van der Waals surface area contributed by atoms with Crippen LogP contribution in [-0.4, -0.2) is 27.4 Å². The zero-order chi connectivity index (χ0) is 14.3. The first-order valence-corrected chi connectivity index (χ1v) is 7.66. The molecule has 4 heteroatoms. The van der Waals surface area contributed by atoms with Crippen LogP contribution in [0.5, 0.6) is 0 Å². The van der Waals surface area contributed by atoms with Crippen LogP contribution in [0.15, 0.2) is 6.33 Å². The summed E-state index contributed by atoms with van der Waals surface area (Å²) in [5.41, 5.74) is 0. The third-order valence-electron chi connectivity index (χ3n) is 3.34. The fourth-order valence-corrected chi connectivity index (χ4v) is 2.23. The second-order valence-corrected chi connectivity index (χ2v) is 6.04. The van der Waals surface area contributed by atoms with E-state index in [0.29, 0.717) is 12.1 Å². The summed E-state index contributed by atoms with van der Waals surface area (Å²) in [6.07, 6.45) is 6.30. The Balaban J connectivity index is 2.61. The number of nitrogens with zero attached hydrogens (tertiary/aromatic N) is 3. The van der Waals surface area contributed by atoms with Crippen molar-refractivity contribution in [3.8, 4) is 0 Å². The van der Waals surface area contributed by atoms with Crippen LogP contribution in [0.25, 0.3) is 0 Å². The van der Waals surface area contributed by atoms with Gasteiger partial charge < -0.3 is 5.32 Å². The van der Waals surface area contributed by atoms with Gasteiger partial charge in [0.2, 0.25) is 0 Å². The third kappa shape index (κ3) is 5.72. The van der Waals surface area contributed by atoms with E-state index in [-0.39, 0.29) is 0 Å². The van der Waals surface area contributed by atoms with E-state index < -0.39 is 0 Å². The van der Waals surface area contributed by atoms with Crippen molar-refractivity contribution in [3.63, 3.8) is 0 Å². The summed E-state index contributed by atoms with van der Waals surface area (Å²) >= 11 is 0. The molecule has 0 aliphatic carbocycles. The molecule has 0 aliphatic heterocycles. The Morgan fingerprint density at radius 1 is 1.21 bits per heavy atom. The fraction of sp³-hybridized carbons (Fsp3) is 0.867. The Bertz CT molecular complexity index is 344. The minimum Gasteiger partial charge on any atom is -0.314 e. The van der Waals surface area contributed by atoms with Gasteiger partial charge in [-0.2, -0.15) is 5.10 Å². The van der Waals surface area contributed by atoms with Crippen LogP contribution in [0.4, 0.5) is 0 Å². The third-order valence-corrected chi connectivity index (χ3v) is 3.34. The van der Waals surface area contributed by atoms with Gasteiger partial charge >= 0.3 is 0 Å². The van der Waals surface area contributed by atoms with Gasteiger partial charge in [0.15, 0.2) is 0 Å². The van der Waals surface area contributed by atoms with E-state index in [0.717, 1.165) is 24.7 Å². The first-order valence-electron chi connectivity index (χ1n) is 7.66. The summed E-state index contributed by atoms with van der Waals surface area (Å²) in [6, 6.07) is 0.901. The second-order valence-electron chi connectivity index (χ2n) is 6.04. The number of aromatic nitrogens is 3. The molecule has 0 bridgehead atoms. The van der Waals surface area contributed by atoms with Crippen LogP contribution in [0, 0.1) is 5.92 Å². The van der Waals surface area contributed by atoms with Crippen LogP contribution in [0.2, 0.25) is 0 Å². The topological polar surface area (TPSA) is 42.7 Å². The Hall–Kier alpha value is -0.900. The predicted molar refractivity (Wildman–Crippen MR) is 80.3 cm³/mol. The van der Waals surface area contributed by atoms with Crippen molar-refractivity contribution in [1.29, 1.82) is 0 Å². The number of hydrogen-bond acceptors (Lipinski definition) is 3. The summed E-state index contributed by atoms with van der Waals surface area (Å²) in [7, 11) is 0. The standard InChI is InChI=1S/C15H30N4/c1-6-9-16-14(8-7-12(2)3)10-15-17-11-18-19(15)13(4)5/h11-14,16H,6-10H2,1-5H3. The normalized spacial score (nSPS) is 13.4. The highest BCUT2D eigenvalue weighted by Crippen LogP contribution is 2.13. The monoisotopic (exact) mass is 266 g/mol. The van der Waals surface area contributed by atoms with Crippen LogP contribution >= 0.6 is 0 Å². The molecule has 0 radical (unpaired) electrons. The maximum Gasteiger partial charge on any atom is 0.138 e. The van der Waals surface area contributed by atoms with Gasteiger partial charge in [0, 0.05) is 18.5 Å². The lowest BCUT2D eigenvalue weighted by molar-refractivity contribution is 0.406. The highest BCUT2D eigenvalue weighted by molar-refractivity contribution is 4.91. The summed E-state index contributed by atoms with van der Waals surface area (Å²) in [4.78, 5) is 4.42. The molecule has 0 spiro atoms. The molecule has 0 fully saturated rings. The first kappa shape index (κ1) is 16.2. The minimum absolute atomic E-state index is 0.384. The Labute approximate surface area is 118 Å². The lowest BCUT2D eigenvalue weighted by Gasteiger charge is -2.20. The molecule has 1 aromatic heterocycles. The maximum atomic E-state index is 4.42. The lowest BCUT2D eigenvalue weighted by atomic mass is 10.0. The maximum absolute atomic E-state index is 4.42. The van der Waals surface area contributed by atoms with Gasteiger partial charge in [-0.15, -0.1) is 0 Å². The molecule has 1 heterocycles. The van der Waals surface area contributed by atoms with E-state index in [1.54, 1.807) is 6.33 Å². The molecule has 0 saturated carbocycles. The first-order chi connectivity index (χ1) is 9.04. The van der Waals surface area contributed by atoms with Crippen LogP contribution < -0.4 is 5.32 Å². The second kappa shape index (κ2) is 8.31. The number of nitrogens with one attached hydrogen (secondary N) is 1. The van der Waals surface area contributed by atoms with Crippen LogP contribution in [-0.2, 0) is 6.42 Å². The van der Waals surface area contributed by atoms with Gasteiger partial charge in [-0.25, -0.2) is 9.67 Å². The molecule has 0 amide bonds. The summed E-state index contributed by atoms with van der Waals surface area (Å²) in [6.45, 7) is 12.2. The van der Waals surface area contributed by atoms with Gasteiger partial charge in [-0.05, 0) is 45.6 Å². The number of rotatable bonds is 9. The van der Waals surface area contributed by atoms with Gasteiger partial charge in [-0.1, -0.05) is 20.8 Å². The highest BCUT2D eigenvalue weighted by Gasteiger charge is 2.15. The Morgan fingerprint density at radius 3 is 2.53 bits per heavy atom. The Kier molecular flexibility index (Phi) is 7.06. The van der Waals surface area contributed by atoms with E-state index in [1.807, 2.05) is 4.68 Å². The molecule has 19 heavy (non-hydrogen) atoms. The summed E-state index contributed by atoms with van der Waals surface area (Å²) in [5, 5.41) is 7.97. The molecule has 1 atom stereocenters. The van der Waals surface area contributed by atoms with Gasteiger partial charge in [0.05, 0.1) is 0 Å². The van der Waals surface area contributed by atoms with Crippen LogP contribution in [0.1, 0.15) is 65.7 Å². The zero-order valence-corrected chi connectivity index (χ0v) is 13.2. The average Bonchev–Trinajstić information content (AvgIpc) is 2.80. The van der Waals surface area contributed by atoms with Crippen LogP contribution in [0.3, 0.4) is 0 Å². The molecule has 0 aromatic carbocycles. The molecule has 1 aromatic rings. The molecule has 1 N–H and O–H groups in total. The SMILES string of the molecule is CCCNC(CCC(C)C)Cc1ncnn1C(C)C. The Morgan fingerprint density at radius 2 is 1.95 bits per heavy atom. The van der Waals surface area contributed by atoms with Gasteiger partial charge in [-0.3, -0.25) is 0 Å². The summed E-state index contributed by atoms with van der Waals surface area (Å²) in [5.74, 6) is 1.86. The molecular weight excluding hydrogens is 236 g/mol. The van der Waals surface area contributed by atoms with Crippen molar-refractivity contribution in [2.24, 2.45) is 5.92 Å². The predicted octanol–water partition coefficient (Wildman–Crippen LogP) is 3.21. The zero-order valence-electron chi connectivity index (χ0n) is 13.2. The summed E-state index contributed by atoms with van der Waals surface area (Å²) < 4.78 is 2.04. The molecule has 1 rings (SSSR count). The van der Waals surface area contributed by atoms with Crippen molar-refractivity contribution in [2.75, 3.05) is 6.54 Å². The van der Waals surface area contributed by atoms with Crippen molar-refractivity contribution >= 4 is 0 Å². The molecule has 0 saturated heterocycles. The van der Waals surface area contributed by atoms with Crippen molar-refractivity contribution < 1.29 is 0 Å². The van der Waals surface area contributed by atoms with E-state index in [4.69, 9.17) is 0 Å². The van der Waals surface area contributed by atoms with E-state index in [9.17, 15) is 0 Å². The molecule has 0 aliphatic rings. The smallest absolute Gasteiger partial charge is 0.138 e. The number of hydrogen-bond donors (Lipinski definition) is 1. The molecule has 4 nitrogen and oxygen atoms in total. The van der Waals surface area contributed by atoms with Gasteiger partial charge in [0.25, 0.3) is 0 Å². The van der Waals surface area contributed by atoms with Crippen molar-refractivity contribution in [1.82, 2.24) is 20.1 Å². The lowest BCUT2D eigenvalue weighted by Crippen LogP contribution is -2.33. The van der Waals surface area contributed by atoms with Gasteiger partial charge in [0.1, 0.15) is 12.2 Å². The highest BCUT2D eigenvalue weighted by atomic mass is 15.3. The van der Waals surface area contributed by atoms with E-state index >= 15 is 0 Å². The average molecular weight is 266 g/mol. The van der Waals surface area contributed by atoms with E-state index in [2.05, 4.69) is 50.0 Å². The fourth-order valence-electron chi connectivity index (χ4n) is 2.23. The van der Waals surface area contributed by atoms with Crippen molar-refractivity contribution in [2.45, 2.75) is 72.4 Å². The minimum atomic E-state index is 0.384. The van der Waals surface area contributed by atoms with Crippen molar-refractivity contribution in [3.05, 3.63) is 12.2 Å². The molecule has 110 valence electrons. The molecule has 1 unspecified atom stereocenters. The molecular formula is C15H30N4. The quantitative estimate of drug-likeness (QED) is 0.746.